The summed E-state index contributed by atoms with van der Waals surface area (Å²) in [7, 11) is 0. The van der Waals surface area contributed by atoms with Gasteiger partial charge in [0.2, 0.25) is 0 Å². The maximum absolute atomic E-state index is 5.65. The van der Waals surface area contributed by atoms with Crippen molar-refractivity contribution in [3.05, 3.63) is 120 Å². The van der Waals surface area contributed by atoms with E-state index in [1.165, 1.54) is 71.9 Å². The van der Waals surface area contributed by atoms with Crippen LogP contribution in [0.1, 0.15) is 73.6 Å². The maximum Gasteiger partial charge on any atom is 0.0644 e. The van der Waals surface area contributed by atoms with Crippen molar-refractivity contribution in [2.45, 2.75) is 63.2 Å². The van der Waals surface area contributed by atoms with Crippen LogP contribution in [0, 0.1) is 0 Å². The fourth-order valence-corrected chi connectivity index (χ4v) is 6.06. The Kier molecular flexibility index (Phi) is 11.0. The smallest absolute Gasteiger partial charge is 0.0644 e. The van der Waals surface area contributed by atoms with E-state index < -0.39 is 0 Å². The molecule has 0 amide bonds. The monoisotopic (exact) mass is 508 g/mol. The second-order valence-electron chi connectivity index (χ2n) is 10.5. The third kappa shape index (κ3) is 7.12. The number of unbranched alkanes of at least 4 members (excludes halogenated alkanes) is 4. The van der Waals surface area contributed by atoms with Gasteiger partial charge >= 0.3 is 0 Å². The molecule has 0 aliphatic heterocycles. The third-order valence-electron chi connectivity index (χ3n) is 7.84. The molecule has 2 heteroatoms. The molecule has 0 bridgehead atoms. The minimum absolute atomic E-state index is 0.0720. The van der Waals surface area contributed by atoms with Gasteiger partial charge < -0.3 is 9.47 Å². The minimum atomic E-state index is 0.0720. The Morgan fingerprint density at radius 2 is 1.18 bits per heavy atom. The predicted octanol–water partition coefficient (Wildman–Crippen LogP) is 9.07. The first kappa shape index (κ1) is 28.1. The van der Waals surface area contributed by atoms with Crippen LogP contribution in [-0.4, -0.2) is 26.4 Å². The molecule has 0 radical (unpaired) electrons. The molecule has 0 aromatic heterocycles. The Hall–Kier alpha value is -2.94. The molecule has 0 saturated heterocycles. The summed E-state index contributed by atoms with van der Waals surface area (Å²) in [5.74, 6) is 0. The van der Waals surface area contributed by atoms with Gasteiger partial charge in [-0.2, -0.15) is 0 Å². The van der Waals surface area contributed by atoms with Crippen LogP contribution >= 0.6 is 0 Å². The van der Waals surface area contributed by atoms with Gasteiger partial charge in [0.05, 0.1) is 13.2 Å². The molecule has 0 N–H and O–H groups in total. The second kappa shape index (κ2) is 14.9. The molecule has 4 rings (SSSR count). The number of hydrogen-bond donors (Lipinski definition) is 0. The molecule has 0 spiro atoms. The fourth-order valence-electron chi connectivity index (χ4n) is 6.06. The summed E-state index contributed by atoms with van der Waals surface area (Å²) in [5.41, 5.74) is 8.77. The van der Waals surface area contributed by atoms with Crippen LogP contribution in [0.2, 0.25) is 0 Å². The Morgan fingerprint density at radius 3 is 1.84 bits per heavy atom. The van der Waals surface area contributed by atoms with Gasteiger partial charge in [-0.1, -0.05) is 111 Å². The molecule has 200 valence electrons. The van der Waals surface area contributed by atoms with Crippen LogP contribution < -0.4 is 0 Å². The van der Waals surface area contributed by atoms with E-state index in [1.54, 1.807) is 0 Å². The lowest BCUT2D eigenvalue weighted by Gasteiger charge is -2.33. The summed E-state index contributed by atoms with van der Waals surface area (Å²) in [6.45, 7) is 10.4. The first-order valence-electron chi connectivity index (χ1n) is 14.4. The molecule has 38 heavy (non-hydrogen) atoms. The van der Waals surface area contributed by atoms with Gasteiger partial charge in [0.25, 0.3) is 0 Å². The first-order valence-corrected chi connectivity index (χ1v) is 14.4. The highest BCUT2D eigenvalue weighted by Gasteiger charge is 2.42. The number of ether oxygens (including phenoxy) is 2. The van der Waals surface area contributed by atoms with Gasteiger partial charge in [-0.3, -0.25) is 0 Å². The fraction of sp³-hybridized carbons (Fsp3) is 0.389. The molecule has 0 atom stereocenters. The van der Waals surface area contributed by atoms with Crippen molar-refractivity contribution in [3.8, 4) is 11.1 Å². The maximum atomic E-state index is 5.65. The van der Waals surface area contributed by atoms with E-state index in [1.807, 2.05) is 12.2 Å². The van der Waals surface area contributed by atoms with Crippen molar-refractivity contribution in [2.75, 3.05) is 26.4 Å². The predicted molar refractivity (Wildman–Crippen MR) is 161 cm³/mol. The summed E-state index contributed by atoms with van der Waals surface area (Å²) in [6, 6.07) is 27.3. The molecule has 0 unspecified atom stereocenters. The number of hydrogen-bond acceptors (Lipinski definition) is 2. The third-order valence-corrected chi connectivity index (χ3v) is 7.84. The average molecular weight is 509 g/mol. The van der Waals surface area contributed by atoms with Crippen molar-refractivity contribution < 1.29 is 9.47 Å². The normalized spacial score (nSPS) is 13.2. The van der Waals surface area contributed by atoms with Gasteiger partial charge in [-0.25, -0.2) is 0 Å². The standard InChI is InChI=1S/C36H44O2/c1-3-24-37-26-14-6-12-22-36(23-13-7-15-27-38-25-4-2)34-19-11-10-18-32(34)33-21-20-31(29-35(33)36)28-30-16-8-5-9-17-30/h3-5,8-11,16-21,29H,1-2,6-7,12-15,22-28H2. The van der Waals surface area contributed by atoms with Crippen molar-refractivity contribution in [1.82, 2.24) is 0 Å². The Labute approximate surface area is 230 Å². The Bertz CT molecular complexity index is 1130. The summed E-state index contributed by atoms with van der Waals surface area (Å²) in [5, 5.41) is 0. The van der Waals surface area contributed by atoms with Crippen LogP contribution in [-0.2, 0) is 21.3 Å². The minimum Gasteiger partial charge on any atom is -0.377 e. The highest BCUT2D eigenvalue weighted by Crippen LogP contribution is 2.54. The lowest BCUT2D eigenvalue weighted by atomic mass is 9.70. The van der Waals surface area contributed by atoms with Gasteiger partial charge in [-0.15, -0.1) is 13.2 Å². The Balaban J connectivity index is 1.57. The van der Waals surface area contributed by atoms with Crippen LogP contribution in [0.15, 0.2) is 98.1 Å². The van der Waals surface area contributed by atoms with Crippen LogP contribution in [0.25, 0.3) is 11.1 Å². The van der Waals surface area contributed by atoms with Crippen molar-refractivity contribution in [3.63, 3.8) is 0 Å². The van der Waals surface area contributed by atoms with E-state index in [9.17, 15) is 0 Å². The van der Waals surface area contributed by atoms with Gasteiger partial charge in [0.15, 0.2) is 0 Å². The molecule has 0 saturated carbocycles. The average Bonchev–Trinajstić information content (AvgIpc) is 3.22. The summed E-state index contributed by atoms with van der Waals surface area (Å²) < 4.78 is 11.3. The molecule has 3 aromatic carbocycles. The SMILES string of the molecule is C=CCOCCCCCC1(CCCCCOCC=C)c2ccccc2-c2ccc(Cc3ccccc3)cc21. The summed E-state index contributed by atoms with van der Waals surface area (Å²) in [4.78, 5) is 0. The van der Waals surface area contributed by atoms with Crippen molar-refractivity contribution >= 4 is 0 Å². The molecule has 0 heterocycles. The van der Waals surface area contributed by atoms with Gasteiger partial charge in [0, 0.05) is 18.6 Å². The number of fused-ring (bicyclic) bond motifs is 3. The van der Waals surface area contributed by atoms with E-state index >= 15 is 0 Å². The zero-order valence-electron chi connectivity index (χ0n) is 23.0. The van der Waals surface area contributed by atoms with Crippen molar-refractivity contribution in [1.29, 1.82) is 0 Å². The summed E-state index contributed by atoms with van der Waals surface area (Å²) in [6.07, 6.45) is 14.0. The van der Waals surface area contributed by atoms with Crippen LogP contribution in [0.4, 0.5) is 0 Å². The van der Waals surface area contributed by atoms with E-state index in [-0.39, 0.29) is 5.41 Å². The molecule has 2 nitrogen and oxygen atoms in total. The lowest BCUT2D eigenvalue weighted by Crippen LogP contribution is -2.25. The summed E-state index contributed by atoms with van der Waals surface area (Å²) >= 11 is 0. The molecular formula is C36H44O2. The molecule has 3 aromatic rings. The Morgan fingerprint density at radius 1 is 0.579 bits per heavy atom. The number of rotatable bonds is 18. The molecule has 1 aliphatic rings. The quantitative estimate of drug-likeness (QED) is 0.126. The topological polar surface area (TPSA) is 18.5 Å². The number of benzene rings is 3. The van der Waals surface area contributed by atoms with Gasteiger partial charge in [-0.05, 0) is 65.5 Å². The van der Waals surface area contributed by atoms with E-state index in [4.69, 9.17) is 9.47 Å². The second-order valence-corrected chi connectivity index (χ2v) is 10.5. The molecule has 0 fully saturated rings. The van der Waals surface area contributed by atoms with Crippen molar-refractivity contribution in [2.24, 2.45) is 0 Å². The van der Waals surface area contributed by atoms with Crippen LogP contribution in [0.3, 0.4) is 0 Å². The van der Waals surface area contributed by atoms with E-state index in [0.717, 1.165) is 32.5 Å². The highest BCUT2D eigenvalue weighted by atomic mass is 16.5. The lowest BCUT2D eigenvalue weighted by molar-refractivity contribution is 0.155. The van der Waals surface area contributed by atoms with Gasteiger partial charge in [0.1, 0.15) is 0 Å². The van der Waals surface area contributed by atoms with E-state index in [2.05, 4.69) is 86.0 Å². The molecule has 1 aliphatic carbocycles. The largest absolute Gasteiger partial charge is 0.377 e. The zero-order valence-corrected chi connectivity index (χ0v) is 23.0. The zero-order chi connectivity index (χ0) is 26.5. The molecular weight excluding hydrogens is 464 g/mol. The first-order chi connectivity index (χ1) is 18.8. The highest BCUT2D eigenvalue weighted by molar-refractivity contribution is 5.81. The van der Waals surface area contributed by atoms with Crippen LogP contribution in [0.5, 0.6) is 0 Å². The van der Waals surface area contributed by atoms with E-state index in [0.29, 0.717) is 13.2 Å².